The zero-order valence-electron chi connectivity index (χ0n) is 41.4. The van der Waals surface area contributed by atoms with Crippen LogP contribution in [0.3, 0.4) is 0 Å². The molecule has 3 rings (SSSR count). The van der Waals surface area contributed by atoms with Crippen molar-refractivity contribution in [1.29, 1.82) is 0 Å². The third kappa shape index (κ3) is 11.4. The Balaban J connectivity index is 2.44. The smallest absolute Gasteiger partial charge is 0.477 e. The van der Waals surface area contributed by atoms with E-state index >= 15 is 4.57 Å². The van der Waals surface area contributed by atoms with Crippen molar-refractivity contribution in [2.24, 2.45) is 0 Å². The average Bonchev–Trinajstić information content (AvgIpc) is 2.96. The summed E-state index contributed by atoms with van der Waals surface area (Å²) in [4.78, 5) is 0. The summed E-state index contributed by atoms with van der Waals surface area (Å²) < 4.78 is 36.7. The van der Waals surface area contributed by atoms with Gasteiger partial charge < -0.3 is 15.3 Å². The molecule has 0 saturated carbocycles. The van der Waals surface area contributed by atoms with Gasteiger partial charge >= 0.3 is 7.82 Å². The molecular formula is C51H81O7P. The molecule has 8 heteroatoms. The SMILES string of the molecule is CC(C)(C)c1cc(C(C)(C)OP(=O)(OC(C)(C)c2cc(C(C)(C)C)c(O)c(C(C)(C)C)c2)OC(C)(C)c2cc(C(C)(C)C)c(O)c(C(C)(C)C)c2)cc(C(C)(C)C)c1O. The topological polar surface area (TPSA) is 105 Å². The largest absolute Gasteiger partial charge is 0.507 e. The Morgan fingerprint density at radius 3 is 0.576 bits per heavy atom. The molecule has 0 saturated heterocycles. The molecule has 0 radical (unpaired) electrons. The molecule has 3 N–H and O–H groups in total. The molecule has 332 valence electrons. The molecule has 0 heterocycles. The van der Waals surface area contributed by atoms with Gasteiger partial charge in [0.15, 0.2) is 0 Å². The fourth-order valence-electron chi connectivity index (χ4n) is 7.43. The van der Waals surface area contributed by atoms with E-state index in [-0.39, 0.29) is 17.2 Å². The van der Waals surface area contributed by atoms with Crippen LogP contribution < -0.4 is 0 Å². The van der Waals surface area contributed by atoms with Crippen LogP contribution in [0.5, 0.6) is 17.2 Å². The zero-order valence-corrected chi connectivity index (χ0v) is 42.3. The van der Waals surface area contributed by atoms with Crippen molar-refractivity contribution in [2.75, 3.05) is 0 Å². The van der Waals surface area contributed by atoms with Gasteiger partial charge in [-0.25, -0.2) is 4.57 Å². The average molecular weight is 837 g/mol. The van der Waals surface area contributed by atoms with Gasteiger partial charge in [0.05, 0.1) is 16.8 Å². The van der Waals surface area contributed by atoms with Crippen LogP contribution in [0.25, 0.3) is 0 Å². The Bertz CT molecular complexity index is 1730. The summed E-state index contributed by atoms with van der Waals surface area (Å²) in [7, 11) is -4.64. The molecule has 3 aromatic carbocycles. The van der Waals surface area contributed by atoms with Crippen molar-refractivity contribution < 1.29 is 33.5 Å². The highest BCUT2D eigenvalue weighted by molar-refractivity contribution is 7.48. The van der Waals surface area contributed by atoms with Gasteiger partial charge in [-0.2, -0.15) is 0 Å². The summed E-state index contributed by atoms with van der Waals surface area (Å²) in [5.41, 5.74) is 0.301. The molecule has 0 aliphatic heterocycles. The Hall–Kier alpha value is -2.83. The molecule has 0 fully saturated rings. The minimum absolute atomic E-state index is 0.232. The Morgan fingerprint density at radius 1 is 0.322 bits per heavy atom. The molecule has 59 heavy (non-hydrogen) atoms. The first-order valence-corrected chi connectivity index (χ1v) is 22.7. The summed E-state index contributed by atoms with van der Waals surface area (Å²) in [6.45, 7) is 48.1. The predicted octanol–water partition coefficient (Wildman–Crippen LogP) is 14.9. The maximum Gasteiger partial charge on any atom is 0.477 e. The Kier molecular flexibility index (Phi) is 13.3. The van der Waals surface area contributed by atoms with E-state index < -0.39 is 57.1 Å². The molecule has 0 bridgehead atoms. The number of aromatic hydroxyl groups is 3. The van der Waals surface area contributed by atoms with Gasteiger partial charge in [0.25, 0.3) is 0 Å². The Labute approximate surface area is 359 Å². The van der Waals surface area contributed by atoms with Crippen LogP contribution in [0.4, 0.5) is 0 Å². The van der Waals surface area contributed by atoms with E-state index in [0.29, 0.717) is 16.7 Å². The second-order valence-corrected chi connectivity index (χ2v) is 26.0. The summed E-state index contributed by atoms with van der Waals surface area (Å²) in [6, 6.07) is 11.6. The van der Waals surface area contributed by atoms with Gasteiger partial charge in [0.2, 0.25) is 0 Å². The molecule has 0 atom stereocenters. The highest BCUT2D eigenvalue weighted by Gasteiger charge is 2.47. The van der Waals surface area contributed by atoms with Crippen LogP contribution >= 0.6 is 7.82 Å². The Morgan fingerprint density at radius 2 is 0.458 bits per heavy atom. The first kappa shape index (κ1) is 50.5. The number of hydrogen-bond acceptors (Lipinski definition) is 7. The molecule has 0 unspecified atom stereocenters. The standard InChI is InChI=1S/C51H81O7P/c1-43(2,3)34-25-31(26-35(40(34)52)44(4,5)6)49(19,20)56-59(55,57-50(21,22)32-27-36(45(7,8)9)41(53)37(28-32)46(10,11)12)58-51(23,24)33-29-38(47(13,14)15)42(54)39(30-33)48(16,17)18/h25-30,52-54H,1-24H3. The van der Waals surface area contributed by atoms with E-state index in [1.54, 1.807) is 0 Å². The highest BCUT2D eigenvalue weighted by atomic mass is 31.2. The first-order chi connectivity index (χ1) is 25.9. The normalized spacial score (nSPS) is 14.6. The van der Waals surface area contributed by atoms with Gasteiger partial charge in [0, 0.05) is 0 Å². The summed E-state index contributed by atoms with van der Waals surface area (Å²) in [6.07, 6.45) is 0. The number of phenols is 3. The quantitative estimate of drug-likeness (QED) is 0.184. The second kappa shape index (κ2) is 15.5. The number of phosphoric acid groups is 1. The zero-order chi connectivity index (χ0) is 46.3. The highest BCUT2D eigenvalue weighted by Crippen LogP contribution is 2.63. The lowest BCUT2D eigenvalue weighted by Gasteiger charge is -2.40. The van der Waals surface area contributed by atoms with E-state index in [4.69, 9.17) is 13.6 Å². The van der Waals surface area contributed by atoms with Crippen molar-refractivity contribution in [3.05, 3.63) is 86.5 Å². The third-order valence-corrected chi connectivity index (χ3v) is 13.3. The fraction of sp³-hybridized carbons (Fsp3) is 0.647. The lowest BCUT2D eigenvalue weighted by Crippen LogP contribution is -2.31. The van der Waals surface area contributed by atoms with Gasteiger partial charge in [-0.15, -0.1) is 0 Å². The molecule has 7 nitrogen and oxygen atoms in total. The second-order valence-electron chi connectivity index (χ2n) is 24.5. The summed E-state index contributed by atoms with van der Waals surface area (Å²) in [5.74, 6) is 0.697. The lowest BCUT2D eigenvalue weighted by atomic mass is 9.77. The maximum absolute atomic E-state index is 16.1. The maximum atomic E-state index is 16.1. The molecule has 0 spiro atoms. The van der Waals surface area contributed by atoms with Crippen LogP contribution in [-0.2, 0) is 67.4 Å². The van der Waals surface area contributed by atoms with Crippen molar-refractivity contribution >= 4 is 7.82 Å². The van der Waals surface area contributed by atoms with Crippen LogP contribution in [-0.4, -0.2) is 15.3 Å². The minimum atomic E-state index is -4.64. The molecule has 0 aromatic heterocycles. The van der Waals surface area contributed by atoms with Gasteiger partial charge in [-0.1, -0.05) is 125 Å². The van der Waals surface area contributed by atoms with Crippen molar-refractivity contribution in [3.63, 3.8) is 0 Å². The summed E-state index contributed by atoms with van der Waals surface area (Å²) >= 11 is 0. The van der Waals surface area contributed by atoms with Crippen LogP contribution in [0.1, 0.15) is 216 Å². The minimum Gasteiger partial charge on any atom is -0.507 e. The number of benzene rings is 3. The molecular weight excluding hydrogens is 756 g/mol. The van der Waals surface area contributed by atoms with Gasteiger partial charge in [-0.3, -0.25) is 13.6 Å². The van der Waals surface area contributed by atoms with Crippen molar-refractivity contribution in [2.45, 2.75) is 215 Å². The molecule has 0 aliphatic carbocycles. The van der Waals surface area contributed by atoms with E-state index in [2.05, 4.69) is 125 Å². The first-order valence-electron chi connectivity index (χ1n) is 21.2. The van der Waals surface area contributed by atoms with Crippen LogP contribution in [0, 0.1) is 0 Å². The van der Waals surface area contributed by atoms with E-state index in [0.717, 1.165) is 33.4 Å². The lowest BCUT2D eigenvalue weighted by molar-refractivity contribution is -0.0465. The fourth-order valence-corrected chi connectivity index (χ4v) is 9.53. The van der Waals surface area contributed by atoms with E-state index in [1.165, 1.54) is 0 Å². The molecule has 0 amide bonds. The van der Waals surface area contributed by atoms with Crippen molar-refractivity contribution in [1.82, 2.24) is 0 Å². The predicted molar refractivity (Wildman–Crippen MR) is 246 cm³/mol. The molecule has 3 aromatic rings. The monoisotopic (exact) mass is 837 g/mol. The number of rotatable bonds is 9. The van der Waals surface area contributed by atoms with E-state index in [1.807, 2.05) is 77.9 Å². The summed E-state index contributed by atoms with van der Waals surface area (Å²) in [5, 5.41) is 34.9. The van der Waals surface area contributed by atoms with Gasteiger partial charge in [0.1, 0.15) is 17.2 Å². The number of phosphoric ester groups is 1. The van der Waals surface area contributed by atoms with Gasteiger partial charge in [-0.05, 0) is 161 Å². The third-order valence-electron chi connectivity index (χ3n) is 11.3. The number of phenolic OH excluding ortho intramolecular Hbond substituents is 3. The van der Waals surface area contributed by atoms with Crippen LogP contribution in [0.2, 0.25) is 0 Å². The van der Waals surface area contributed by atoms with Crippen LogP contribution in [0.15, 0.2) is 36.4 Å². The molecule has 0 aliphatic rings. The van der Waals surface area contributed by atoms with Crippen molar-refractivity contribution in [3.8, 4) is 17.2 Å². The number of hydrogen-bond donors (Lipinski definition) is 3. The van der Waals surface area contributed by atoms with E-state index in [9.17, 15) is 15.3 Å².